The Balaban J connectivity index is -0.00000145. The van der Waals surface area contributed by atoms with Gasteiger partial charge < -0.3 is 55.8 Å². The van der Waals surface area contributed by atoms with Crippen LogP contribution in [0.4, 0.5) is 64.1 Å². The number of benzene rings is 8. The average molecular weight is 1950 g/mol. The van der Waals surface area contributed by atoms with Crippen LogP contribution in [0.25, 0.3) is 40.9 Å². The summed E-state index contributed by atoms with van der Waals surface area (Å²) in [6.45, 7) is 4.45. The molecule has 14 rings (SSSR count). The fourth-order valence-corrected chi connectivity index (χ4v) is 13.4. The minimum atomic E-state index is -0.791. The van der Waals surface area contributed by atoms with E-state index in [9.17, 15) is 87.6 Å². The molecule has 0 amide bonds. The number of phenolic OH excluding ortho intramolecular Hbond substituents is 1. The number of aliphatic hydroxyl groups excluding tert-OH is 3. The van der Waals surface area contributed by atoms with Gasteiger partial charge in [-0.1, -0.05) is 72.5 Å². The number of hydrogen-bond donors (Lipinski definition) is 5. The summed E-state index contributed by atoms with van der Waals surface area (Å²) >= 11 is 7.92. The van der Waals surface area contributed by atoms with Gasteiger partial charge in [0.05, 0.1) is 81.5 Å². The normalized spacial score (nSPS) is 9.74. The Kier molecular flexibility index (Phi) is 56.2. The zero-order chi connectivity index (χ0) is 88.9. The van der Waals surface area contributed by atoms with E-state index in [2.05, 4.69) is 45.7 Å². The van der Waals surface area contributed by atoms with Gasteiger partial charge in [0, 0.05) is 135 Å². The first-order valence-electron chi connectivity index (χ1n) is 34.0. The van der Waals surface area contributed by atoms with Crippen LogP contribution < -0.4 is 133 Å². The Morgan fingerprint density at radius 2 is 0.864 bits per heavy atom. The van der Waals surface area contributed by atoms with Crippen LogP contribution in [0.15, 0.2) is 168 Å². The molecule has 0 bridgehead atoms. The molecule has 0 unspecified atom stereocenters. The number of nitriles is 1. The van der Waals surface area contributed by atoms with E-state index in [1.165, 1.54) is 121 Å². The number of nitrogens with zero attached hydrogens (tertiary/aromatic N) is 8. The number of pyridine rings is 2. The van der Waals surface area contributed by atoms with Crippen molar-refractivity contribution in [2.75, 3.05) is 7.11 Å². The number of thiazole rings is 4. The second kappa shape index (κ2) is 60.6. The first-order valence-corrected chi connectivity index (χ1v) is 37.6. The molecule has 0 saturated carbocycles. The summed E-state index contributed by atoms with van der Waals surface area (Å²) in [5.41, 5.74) is -0.00583. The predicted octanol–water partition coefficient (Wildman–Crippen LogP) is 14.1. The topological polar surface area (TPSA) is 374 Å². The number of nitrogens with one attached hydrogen (secondary N) is 1. The van der Waals surface area contributed by atoms with E-state index in [0.717, 1.165) is 117 Å². The van der Waals surface area contributed by atoms with Gasteiger partial charge >= 0.3 is 125 Å². The first-order chi connectivity index (χ1) is 57.3. The van der Waals surface area contributed by atoms with Crippen LogP contribution in [-0.2, 0) is 61.0 Å². The molecule has 0 saturated heterocycles. The van der Waals surface area contributed by atoms with Gasteiger partial charge in [-0.05, 0) is 66.6 Å². The van der Waals surface area contributed by atoms with Crippen molar-refractivity contribution in [3.8, 4) is 29.1 Å². The van der Waals surface area contributed by atoms with Gasteiger partial charge in [0.2, 0.25) is 0 Å². The van der Waals surface area contributed by atoms with Crippen molar-refractivity contribution < 1.29 is 218 Å². The van der Waals surface area contributed by atoms with Crippen molar-refractivity contribution in [2.24, 2.45) is 0 Å². The summed E-state index contributed by atoms with van der Waals surface area (Å²) in [5.74, 6) is -6.97. The van der Waals surface area contributed by atoms with E-state index in [1.54, 1.807) is 13.0 Å². The SMILES string of the molecule is C.C.C.C.CC#N.CCc1nc2cc(F)cc(OCc3ccc(F)cc3F)c2s1.CO.Fc1ccc(CBr)c(F)c1.O=CO[O-].O=c1[nH]cccc1[N+](=O)[O-].O=c1c([N+](=O)[O-])cccn1Cc1nc2cc(F)cc(OCc3ccc(F)cc3F)c2s1.OCc1nc2cc(F)cc(O)c2s1.OCc1nc2cc(F)cc(OCc3ccc(F)cc3F)c2s1.[2H]CC.[H-].[K+].[K+]. The number of phenols is 1. The fraction of sp³-hybridized carbons (Fsp3) is 0.210. The number of alkyl halides is 1. The molecule has 125 heavy (non-hydrogen) atoms. The largest absolute Gasteiger partial charge is 1.00 e. The molecule has 6 heterocycles. The Morgan fingerprint density at radius 3 is 1.19 bits per heavy atom. The molecule has 0 aliphatic heterocycles. The Bertz CT molecular complexity index is 5830. The van der Waals surface area contributed by atoms with Crippen LogP contribution in [-0.4, -0.2) is 73.3 Å². The van der Waals surface area contributed by atoms with Crippen LogP contribution in [0.5, 0.6) is 23.0 Å². The van der Waals surface area contributed by atoms with Gasteiger partial charge in [-0.2, -0.15) is 5.26 Å². The van der Waals surface area contributed by atoms with E-state index >= 15 is 0 Å². The Labute approximate surface area is 819 Å². The predicted molar refractivity (Wildman–Crippen MR) is 448 cm³/mol. The van der Waals surface area contributed by atoms with E-state index in [-0.39, 0.29) is 219 Å². The van der Waals surface area contributed by atoms with Gasteiger partial charge in [-0.3, -0.25) is 34.6 Å². The summed E-state index contributed by atoms with van der Waals surface area (Å²) in [6.07, 6.45) is 3.47. The molecule has 6 aromatic heterocycles. The van der Waals surface area contributed by atoms with Crippen LogP contribution in [0, 0.1) is 101 Å². The maximum absolute atomic E-state index is 14.0. The van der Waals surface area contributed by atoms with Gasteiger partial charge in [0.15, 0.2) is 0 Å². The standard InChI is InChI=1S/C20H12F3N3O4S.C16H12F3NOS.C15H10F3NO2S.C8H6FNO2S.C7H5BrF2.C5H4N2O3.C2H3N.C2H6.CH2O3.CH4O.4CH4.2K.H/c21-12-4-3-11(14(23)6-12)10-30-17-8-13(22)7-15-19(17)31-18(24-15)9-25-5-1-2-16(20(25)27)26(28)29;1-2-15-20-13-6-11(18)7-14(16(13)22-15)21-8-9-3-4-10(17)5-12(9)19;16-9-2-1-8(11(18)3-9)7-21-13-5-10(17)4-12-15(13)22-14(6-20)19-12;9-4-1-5-8(6(12)2-4)13-7(3-11)10-5;8-4-5-1-2-6(9)3-7(5)10;8-5-4(7(9)10)2-1-3-6-5;1-2-3;1-2;2-1-4-3;1-2;;;;;;;/h1-8H,9-10H2;3-7H,2,8H2,1H3;1-5,20H,6-7H2;1-2,11-12H,3H2;1-3H,4H2;1-3H,(H,6,8);1H3;1-2H3;1,3H;2H,1H3;4*1H4;;;/q;;;;;;;;;;;;;;2*+1;-1/p-1/i;;;;;;;1D;;;;;;;;;. The molecular formula is C81H80BrF12K2N9O16S4. The van der Waals surface area contributed by atoms with Crippen LogP contribution >= 0.6 is 61.3 Å². The van der Waals surface area contributed by atoms with E-state index in [1.807, 2.05) is 6.92 Å². The molecular weight excluding hydrogens is 1870 g/mol. The number of aromatic hydroxyl groups is 1. The van der Waals surface area contributed by atoms with Gasteiger partial charge in [0.25, 0.3) is 6.47 Å². The quantitative estimate of drug-likeness (QED) is 0.0101. The monoisotopic (exact) mass is 1950 g/mol. The molecule has 8 aromatic carbocycles. The fourth-order valence-electron chi connectivity index (χ4n) is 9.25. The van der Waals surface area contributed by atoms with E-state index < -0.39 is 102 Å². The number of fused-ring (bicyclic) bond motifs is 4. The molecule has 44 heteroatoms. The number of aromatic nitrogens is 6. The van der Waals surface area contributed by atoms with Crippen molar-refractivity contribution in [3.63, 3.8) is 0 Å². The number of aryl methyl sites for hydroxylation is 1. The number of carbonyl (C=O) groups is 1. The zero-order valence-corrected chi connectivity index (χ0v) is 74.9. The number of nitro groups is 2. The maximum atomic E-state index is 14.0. The van der Waals surface area contributed by atoms with Crippen molar-refractivity contribution in [2.45, 2.75) is 109 Å². The average Bonchev–Trinajstić information content (AvgIpc) is 1.67. The molecule has 0 aliphatic rings. The number of aliphatic hydroxyl groups is 3. The van der Waals surface area contributed by atoms with Crippen molar-refractivity contribution in [3.05, 3.63) is 311 Å². The summed E-state index contributed by atoms with van der Waals surface area (Å²) in [6, 6.07) is 29.3. The van der Waals surface area contributed by atoms with Gasteiger partial charge in [0.1, 0.15) is 128 Å². The van der Waals surface area contributed by atoms with Crippen LogP contribution in [0.1, 0.15) is 102 Å². The minimum absolute atomic E-state index is 0. The number of hydrogen-bond acceptors (Lipinski definition) is 25. The third-order valence-electron chi connectivity index (χ3n) is 14.3. The van der Waals surface area contributed by atoms with Crippen LogP contribution in [0.2, 0.25) is 0 Å². The van der Waals surface area contributed by atoms with Crippen LogP contribution in [0.3, 0.4) is 0 Å². The third kappa shape index (κ3) is 36.7. The number of H-pyrrole nitrogens is 1. The molecule has 0 atom stereocenters. The number of carbonyl (C=O) groups excluding carboxylic acids is 1. The number of halogens is 13. The molecule has 662 valence electrons. The summed E-state index contributed by atoms with van der Waals surface area (Å²) in [4.78, 5) is 72.3. The van der Waals surface area contributed by atoms with Crippen molar-refractivity contribution >= 4 is 120 Å². The zero-order valence-electron chi connectivity index (χ0n) is 65.8. The van der Waals surface area contributed by atoms with Crippen molar-refractivity contribution in [1.82, 2.24) is 29.5 Å². The molecule has 0 fully saturated rings. The number of ether oxygens (including phenoxy) is 3. The maximum Gasteiger partial charge on any atom is 1.00 e. The van der Waals surface area contributed by atoms with Gasteiger partial charge in [-0.15, -0.1) is 45.3 Å². The first kappa shape index (κ1) is 116. The number of rotatable bonds is 18. The summed E-state index contributed by atoms with van der Waals surface area (Å²) in [5, 5.41) is 73.5. The third-order valence-corrected chi connectivity index (χ3v) is 19.4. The van der Waals surface area contributed by atoms with Crippen molar-refractivity contribution in [1.29, 1.82) is 5.26 Å². The van der Waals surface area contributed by atoms with E-state index in [4.69, 9.17) is 46.2 Å². The molecule has 0 spiro atoms. The summed E-state index contributed by atoms with van der Waals surface area (Å²) < 4.78 is 185. The number of aromatic amines is 1. The molecule has 0 aliphatic carbocycles. The summed E-state index contributed by atoms with van der Waals surface area (Å²) in [7, 11) is 1.00. The Hall–Kier alpha value is -9.07. The molecule has 5 N–H and O–H groups in total. The second-order valence-electron chi connectivity index (χ2n) is 22.2. The smallest absolute Gasteiger partial charge is 1.00 e. The molecule has 25 nitrogen and oxygen atoms in total. The van der Waals surface area contributed by atoms with E-state index in [0.29, 0.717) is 69.2 Å². The Morgan fingerprint density at radius 1 is 0.544 bits per heavy atom. The van der Waals surface area contributed by atoms with Gasteiger partial charge in [-0.25, -0.2) is 72.6 Å². The molecule has 0 radical (unpaired) electrons. The minimum Gasteiger partial charge on any atom is -1.00 e. The molecule has 14 aromatic rings. The second-order valence-corrected chi connectivity index (χ2v) is 27.1.